The van der Waals surface area contributed by atoms with Gasteiger partial charge < -0.3 is 4.90 Å². The summed E-state index contributed by atoms with van der Waals surface area (Å²) < 4.78 is 1.56. The lowest BCUT2D eigenvalue weighted by Crippen LogP contribution is -2.42. The second-order valence-corrected chi connectivity index (χ2v) is 9.09. The predicted octanol–water partition coefficient (Wildman–Crippen LogP) is 2.76. The summed E-state index contributed by atoms with van der Waals surface area (Å²) >= 11 is 1.61. The van der Waals surface area contributed by atoms with Crippen molar-refractivity contribution in [1.29, 1.82) is 0 Å². The number of hydrogen-bond acceptors (Lipinski definition) is 5. The van der Waals surface area contributed by atoms with Crippen LogP contribution >= 0.6 is 11.3 Å². The van der Waals surface area contributed by atoms with Gasteiger partial charge in [0, 0.05) is 17.5 Å². The van der Waals surface area contributed by atoms with Crippen LogP contribution in [0.15, 0.2) is 10.9 Å². The van der Waals surface area contributed by atoms with E-state index in [9.17, 15) is 9.59 Å². The number of carbonyl (C=O) groups excluding carboxylic acids is 1. The first-order chi connectivity index (χ1) is 13.7. The van der Waals surface area contributed by atoms with Gasteiger partial charge in [0.05, 0.1) is 24.0 Å². The standard InChI is InChI=1S/C20H25N5O2S/c26-18-11-13-5-3-8-15(13)23-25(18)12-14-6-4-10-24(14)20(27)22-19-21-16-7-1-2-9-17(16)28-19/h11,14H,1-10,12H2,(H,21,22,27). The number of fused-ring (bicyclic) bond motifs is 2. The van der Waals surface area contributed by atoms with E-state index in [1.807, 2.05) is 4.90 Å². The first-order valence-electron chi connectivity index (χ1n) is 10.3. The van der Waals surface area contributed by atoms with Crippen molar-refractivity contribution in [3.8, 4) is 0 Å². The van der Waals surface area contributed by atoms with Crippen LogP contribution in [0.25, 0.3) is 0 Å². The molecule has 3 aliphatic rings. The molecule has 1 atom stereocenters. The van der Waals surface area contributed by atoms with Crippen molar-refractivity contribution in [2.24, 2.45) is 0 Å². The zero-order chi connectivity index (χ0) is 19.1. The van der Waals surface area contributed by atoms with Crippen LogP contribution in [0, 0.1) is 0 Å². The van der Waals surface area contributed by atoms with Crippen LogP contribution < -0.4 is 10.9 Å². The molecule has 1 saturated heterocycles. The number of anilines is 1. The molecule has 3 heterocycles. The maximum atomic E-state index is 12.9. The largest absolute Gasteiger partial charge is 0.323 e. The van der Waals surface area contributed by atoms with Crippen LogP contribution in [-0.4, -0.2) is 38.3 Å². The number of aromatic nitrogens is 3. The summed E-state index contributed by atoms with van der Waals surface area (Å²) in [6.07, 6.45) is 9.29. The second kappa shape index (κ2) is 7.31. The Balaban J connectivity index is 1.29. The number of nitrogens with one attached hydrogen (secondary N) is 1. The van der Waals surface area contributed by atoms with Gasteiger partial charge in [-0.1, -0.05) is 0 Å². The van der Waals surface area contributed by atoms with Crippen molar-refractivity contribution in [3.05, 3.63) is 38.2 Å². The molecule has 1 fully saturated rings. The Hall–Kier alpha value is -2.22. The summed E-state index contributed by atoms with van der Waals surface area (Å²) in [7, 11) is 0. The Bertz CT molecular complexity index is 942. The normalized spacial score (nSPS) is 20.9. The van der Waals surface area contributed by atoms with Gasteiger partial charge in [0.2, 0.25) is 0 Å². The minimum atomic E-state index is -0.109. The van der Waals surface area contributed by atoms with Crippen LogP contribution in [-0.2, 0) is 32.2 Å². The lowest BCUT2D eigenvalue weighted by Gasteiger charge is -2.24. The number of thiazole rings is 1. The molecule has 0 aromatic carbocycles. The highest BCUT2D eigenvalue weighted by Crippen LogP contribution is 2.30. The highest BCUT2D eigenvalue weighted by molar-refractivity contribution is 7.15. The van der Waals surface area contributed by atoms with Gasteiger partial charge in [-0.25, -0.2) is 14.5 Å². The van der Waals surface area contributed by atoms with Crippen LogP contribution in [0.5, 0.6) is 0 Å². The van der Waals surface area contributed by atoms with Gasteiger partial charge in [-0.2, -0.15) is 5.10 Å². The van der Waals surface area contributed by atoms with Crippen LogP contribution in [0.1, 0.15) is 53.9 Å². The fourth-order valence-corrected chi connectivity index (χ4v) is 5.67. The van der Waals surface area contributed by atoms with Gasteiger partial charge in [-0.15, -0.1) is 11.3 Å². The molecule has 1 unspecified atom stereocenters. The fraction of sp³-hybridized carbons (Fsp3) is 0.600. The zero-order valence-corrected chi connectivity index (χ0v) is 16.8. The third kappa shape index (κ3) is 3.34. The van der Waals surface area contributed by atoms with Gasteiger partial charge >= 0.3 is 6.03 Å². The minimum Gasteiger partial charge on any atom is -0.320 e. The van der Waals surface area contributed by atoms with E-state index in [0.29, 0.717) is 18.2 Å². The van der Waals surface area contributed by atoms with Gasteiger partial charge in [0.15, 0.2) is 5.13 Å². The van der Waals surface area contributed by atoms with E-state index in [1.165, 1.54) is 17.7 Å². The van der Waals surface area contributed by atoms with Gasteiger partial charge in [0.25, 0.3) is 5.56 Å². The first kappa shape index (κ1) is 17.8. The molecule has 5 rings (SSSR count). The summed E-state index contributed by atoms with van der Waals surface area (Å²) in [5.41, 5.74) is 3.23. The second-order valence-electron chi connectivity index (χ2n) is 8.01. The Morgan fingerprint density at radius 1 is 1.14 bits per heavy atom. The van der Waals surface area contributed by atoms with Crippen molar-refractivity contribution in [2.45, 2.75) is 70.4 Å². The maximum absolute atomic E-state index is 12.9. The minimum absolute atomic E-state index is 0.000704. The summed E-state index contributed by atoms with van der Waals surface area (Å²) in [5, 5.41) is 8.28. The van der Waals surface area contributed by atoms with E-state index < -0.39 is 0 Å². The van der Waals surface area contributed by atoms with E-state index in [4.69, 9.17) is 0 Å². The average Bonchev–Trinajstić information content (AvgIpc) is 3.40. The van der Waals surface area contributed by atoms with E-state index in [2.05, 4.69) is 15.4 Å². The molecule has 2 aromatic heterocycles. The molecule has 28 heavy (non-hydrogen) atoms. The predicted molar refractivity (Wildman–Crippen MR) is 108 cm³/mol. The molecule has 2 aromatic rings. The fourth-order valence-electron chi connectivity index (χ4n) is 4.63. The number of rotatable bonds is 3. The van der Waals surface area contributed by atoms with Crippen molar-refractivity contribution in [1.82, 2.24) is 19.7 Å². The van der Waals surface area contributed by atoms with Crippen molar-refractivity contribution < 1.29 is 4.79 Å². The Kier molecular flexibility index (Phi) is 4.66. The molecule has 2 aliphatic carbocycles. The molecular formula is C20H25N5O2S. The number of aryl methyl sites for hydroxylation is 4. The van der Waals surface area contributed by atoms with E-state index in [1.54, 1.807) is 22.1 Å². The molecule has 148 valence electrons. The number of carbonyl (C=O) groups is 1. The summed E-state index contributed by atoms with van der Waals surface area (Å²) in [6.45, 7) is 1.18. The molecule has 0 radical (unpaired) electrons. The number of likely N-dealkylation sites (tertiary alicyclic amines) is 1. The van der Waals surface area contributed by atoms with Gasteiger partial charge in [0.1, 0.15) is 0 Å². The number of nitrogens with zero attached hydrogens (tertiary/aromatic N) is 4. The molecule has 8 heteroatoms. The molecule has 0 bridgehead atoms. The summed E-state index contributed by atoms with van der Waals surface area (Å²) in [4.78, 5) is 33.1. The maximum Gasteiger partial charge on any atom is 0.323 e. The zero-order valence-electron chi connectivity index (χ0n) is 15.9. The average molecular weight is 400 g/mol. The number of urea groups is 1. The Morgan fingerprint density at radius 2 is 2.00 bits per heavy atom. The Morgan fingerprint density at radius 3 is 2.89 bits per heavy atom. The van der Waals surface area contributed by atoms with Crippen molar-refractivity contribution >= 4 is 22.5 Å². The molecule has 7 nitrogen and oxygen atoms in total. The first-order valence-corrected chi connectivity index (χ1v) is 11.1. The van der Waals surface area contributed by atoms with Gasteiger partial charge in [-0.3, -0.25) is 10.1 Å². The highest BCUT2D eigenvalue weighted by Gasteiger charge is 2.31. The van der Waals surface area contributed by atoms with Crippen LogP contribution in [0.4, 0.5) is 9.93 Å². The third-order valence-corrected chi connectivity index (χ3v) is 7.18. The van der Waals surface area contributed by atoms with E-state index in [-0.39, 0.29) is 17.6 Å². The molecule has 1 aliphatic heterocycles. The molecule has 2 amide bonds. The smallest absolute Gasteiger partial charge is 0.320 e. The van der Waals surface area contributed by atoms with E-state index in [0.717, 1.165) is 61.9 Å². The number of amides is 2. The van der Waals surface area contributed by atoms with E-state index >= 15 is 0 Å². The molecule has 0 spiro atoms. The van der Waals surface area contributed by atoms with Gasteiger partial charge in [-0.05, 0) is 63.4 Å². The SMILES string of the molecule is O=C(Nc1nc2c(s1)CCCC2)N1CCCC1Cn1nc2c(cc1=O)CCC2. The Labute approximate surface area is 167 Å². The molecular weight excluding hydrogens is 374 g/mol. The molecule has 0 saturated carbocycles. The van der Waals surface area contributed by atoms with Crippen LogP contribution in [0.2, 0.25) is 0 Å². The summed E-state index contributed by atoms with van der Waals surface area (Å²) in [5.74, 6) is 0. The lowest BCUT2D eigenvalue weighted by atomic mass is 10.0. The highest BCUT2D eigenvalue weighted by atomic mass is 32.1. The topological polar surface area (TPSA) is 80.1 Å². The van der Waals surface area contributed by atoms with Crippen molar-refractivity contribution in [2.75, 3.05) is 11.9 Å². The quantitative estimate of drug-likeness (QED) is 0.861. The third-order valence-electron chi connectivity index (χ3n) is 6.11. The molecule has 1 N–H and O–H groups in total. The van der Waals surface area contributed by atoms with Crippen molar-refractivity contribution in [3.63, 3.8) is 0 Å². The monoisotopic (exact) mass is 399 g/mol. The van der Waals surface area contributed by atoms with Crippen LogP contribution in [0.3, 0.4) is 0 Å². The number of hydrogen-bond donors (Lipinski definition) is 1. The summed E-state index contributed by atoms with van der Waals surface area (Å²) in [6, 6.07) is 1.62. The lowest BCUT2D eigenvalue weighted by molar-refractivity contribution is 0.198.